The number of aromatic hydroxyl groups is 1. The van der Waals surface area contributed by atoms with E-state index in [0.717, 1.165) is 22.4 Å². The van der Waals surface area contributed by atoms with E-state index in [9.17, 15) is 5.11 Å². The predicted octanol–water partition coefficient (Wildman–Crippen LogP) is 5.02. The Bertz CT molecular complexity index is 449. The van der Waals surface area contributed by atoms with Crippen LogP contribution in [0.5, 0.6) is 5.75 Å². The quantitative estimate of drug-likeness (QED) is 0.807. The van der Waals surface area contributed by atoms with Gasteiger partial charge < -0.3 is 10.4 Å². The van der Waals surface area contributed by atoms with Crippen LogP contribution >= 0.6 is 15.9 Å². The Kier molecular flexibility index (Phi) is 5.50. The predicted molar refractivity (Wildman–Crippen MR) is 87.9 cm³/mol. The molecule has 0 bridgehead atoms. The largest absolute Gasteiger partial charge is 0.508 e. The van der Waals surface area contributed by atoms with Crippen molar-refractivity contribution in [2.75, 3.05) is 0 Å². The van der Waals surface area contributed by atoms with E-state index in [0.29, 0.717) is 17.7 Å². The highest BCUT2D eigenvalue weighted by molar-refractivity contribution is 9.10. The van der Waals surface area contributed by atoms with E-state index >= 15 is 0 Å². The number of hydrogen-bond donors (Lipinski definition) is 2. The Balaban J connectivity index is 2.10. The van der Waals surface area contributed by atoms with Crippen LogP contribution in [0.4, 0.5) is 0 Å². The maximum Gasteiger partial charge on any atom is 0.120 e. The maximum atomic E-state index is 10.1. The topological polar surface area (TPSA) is 32.3 Å². The van der Waals surface area contributed by atoms with Gasteiger partial charge in [-0.05, 0) is 55.7 Å². The van der Waals surface area contributed by atoms with Gasteiger partial charge >= 0.3 is 0 Å². The standard InChI is InChI=1S/C17H26BrNO/c1-4-15(14-10-13(18)6-8-17(14)20)19-16-7-5-11(2)9-12(16)3/h6,8,10-12,15-16,19-20H,4-5,7,9H2,1-3H3. The summed E-state index contributed by atoms with van der Waals surface area (Å²) in [5.74, 6) is 1.95. The summed E-state index contributed by atoms with van der Waals surface area (Å²) in [6.07, 6.45) is 4.85. The molecule has 4 unspecified atom stereocenters. The maximum absolute atomic E-state index is 10.1. The molecule has 1 fully saturated rings. The van der Waals surface area contributed by atoms with Crippen LogP contribution in [0, 0.1) is 11.8 Å². The van der Waals surface area contributed by atoms with Crippen molar-refractivity contribution >= 4 is 15.9 Å². The SMILES string of the molecule is CCC(NC1CCC(C)CC1C)c1cc(Br)ccc1O. The van der Waals surface area contributed by atoms with Crippen LogP contribution in [0.3, 0.4) is 0 Å². The molecular weight excluding hydrogens is 314 g/mol. The first kappa shape index (κ1) is 15.8. The summed E-state index contributed by atoms with van der Waals surface area (Å²) in [5, 5.41) is 13.9. The van der Waals surface area contributed by atoms with E-state index in [1.165, 1.54) is 19.3 Å². The van der Waals surface area contributed by atoms with Gasteiger partial charge in [-0.15, -0.1) is 0 Å². The Morgan fingerprint density at radius 2 is 2.10 bits per heavy atom. The number of benzene rings is 1. The number of phenolic OH excluding ortho intramolecular Hbond substituents is 1. The summed E-state index contributed by atoms with van der Waals surface area (Å²) in [6.45, 7) is 6.87. The summed E-state index contributed by atoms with van der Waals surface area (Å²) in [5.41, 5.74) is 1.01. The van der Waals surface area contributed by atoms with Crippen molar-refractivity contribution < 1.29 is 5.11 Å². The number of hydrogen-bond acceptors (Lipinski definition) is 2. The van der Waals surface area contributed by atoms with Gasteiger partial charge in [-0.3, -0.25) is 0 Å². The molecule has 1 aliphatic carbocycles. The molecule has 2 nitrogen and oxygen atoms in total. The minimum atomic E-state index is 0.230. The van der Waals surface area contributed by atoms with Gasteiger partial charge in [0.25, 0.3) is 0 Å². The Hall–Kier alpha value is -0.540. The minimum absolute atomic E-state index is 0.230. The summed E-state index contributed by atoms with van der Waals surface area (Å²) >= 11 is 3.50. The third-order valence-corrected chi connectivity index (χ3v) is 5.11. The monoisotopic (exact) mass is 339 g/mol. The minimum Gasteiger partial charge on any atom is -0.508 e. The third-order valence-electron chi connectivity index (χ3n) is 4.62. The lowest BCUT2D eigenvalue weighted by molar-refractivity contribution is 0.211. The lowest BCUT2D eigenvalue weighted by atomic mass is 9.79. The van der Waals surface area contributed by atoms with Crippen LogP contribution in [0.1, 0.15) is 58.1 Å². The van der Waals surface area contributed by atoms with Gasteiger partial charge in [0.2, 0.25) is 0 Å². The summed E-state index contributed by atoms with van der Waals surface area (Å²) in [7, 11) is 0. The zero-order valence-electron chi connectivity index (χ0n) is 12.7. The molecule has 0 saturated heterocycles. The van der Waals surface area contributed by atoms with Crippen LogP contribution in [-0.4, -0.2) is 11.1 Å². The van der Waals surface area contributed by atoms with Gasteiger partial charge in [-0.2, -0.15) is 0 Å². The molecule has 0 amide bonds. The fourth-order valence-corrected chi connectivity index (χ4v) is 3.78. The Morgan fingerprint density at radius 3 is 2.75 bits per heavy atom. The first-order chi connectivity index (χ1) is 9.51. The molecule has 0 aromatic heterocycles. The van der Waals surface area contributed by atoms with E-state index in [4.69, 9.17) is 0 Å². The molecule has 4 atom stereocenters. The summed E-state index contributed by atoms with van der Waals surface area (Å²) in [6, 6.07) is 6.49. The van der Waals surface area contributed by atoms with Gasteiger partial charge in [0, 0.05) is 22.1 Å². The van der Waals surface area contributed by atoms with Crippen LogP contribution in [0.2, 0.25) is 0 Å². The molecule has 2 rings (SSSR count). The second kappa shape index (κ2) is 6.95. The second-order valence-corrected chi connectivity index (χ2v) is 7.25. The van der Waals surface area contributed by atoms with Crippen molar-refractivity contribution in [3.8, 4) is 5.75 Å². The van der Waals surface area contributed by atoms with E-state index in [2.05, 4.69) is 42.0 Å². The normalized spacial score (nSPS) is 28.3. The highest BCUT2D eigenvalue weighted by Gasteiger charge is 2.27. The molecule has 0 radical (unpaired) electrons. The molecule has 2 N–H and O–H groups in total. The van der Waals surface area contributed by atoms with Gasteiger partial charge in [-0.25, -0.2) is 0 Å². The van der Waals surface area contributed by atoms with Crippen molar-refractivity contribution in [3.63, 3.8) is 0 Å². The smallest absolute Gasteiger partial charge is 0.120 e. The average Bonchev–Trinajstić information content (AvgIpc) is 2.41. The molecule has 0 spiro atoms. The van der Waals surface area contributed by atoms with Gasteiger partial charge in [0.1, 0.15) is 5.75 Å². The van der Waals surface area contributed by atoms with Crippen molar-refractivity contribution in [2.24, 2.45) is 11.8 Å². The molecule has 112 valence electrons. The van der Waals surface area contributed by atoms with Gasteiger partial charge in [-0.1, -0.05) is 36.7 Å². The lowest BCUT2D eigenvalue weighted by Crippen LogP contribution is -2.41. The summed E-state index contributed by atoms with van der Waals surface area (Å²) in [4.78, 5) is 0. The van der Waals surface area contributed by atoms with Crippen molar-refractivity contribution in [2.45, 2.75) is 58.5 Å². The second-order valence-electron chi connectivity index (χ2n) is 6.33. The zero-order valence-corrected chi connectivity index (χ0v) is 14.3. The van der Waals surface area contributed by atoms with Gasteiger partial charge in [0.15, 0.2) is 0 Å². The molecule has 0 aliphatic heterocycles. The molecule has 3 heteroatoms. The fourth-order valence-electron chi connectivity index (χ4n) is 3.40. The van der Waals surface area contributed by atoms with Crippen molar-refractivity contribution in [3.05, 3.63) is 28.2 Å². The number of halogens is 1. The Labute approximate surface area is 131 Å². The lowest BCUT2D eigenvalue weighted by Gasteiger charge is -2.36. The number of nitrogens with one attached hydrogen (secondary N) is 1. The van der Waals surface area contributed by atoms with E-state index in [-0.39, 0.29) is 6.04 Å². The van der Waals surface area contributed by atoms with Crippen molar-refractivity contribution in [1.29, 1.82) is 0 Å². The molecule has 1 aromatic carbocycles. The van der Waals surface area contributed by atoms with Crippen LogP contribution in [0.15, 0.2) is 22.7 Å². The molecule has 1 aliphatic rings. The zero-order chi connectivity index (χ0) is 14.7. The first-order valence-electron chi connectivity index (χ1n) is 7.75. The fraction of sp³-hybridized carbons (Fsp3) is 0.647. The third kappa shape index (κ3) is 3.76. The molecule has 1 saturated carbocycles. The van der Waals surface area contributed by atoms with E-state index < -0.39 is 0 Å². The molecule has 1 aromatic rings. The van der Waals surface area contributed by atoms with Crippen LogP contribution in [-0.2, 0) is 0 Å². The number of phenols is 1. The number of rotatable bonds is 4. The Morgan fingerprint density at radius 1 is 1.35 bits per heavy atom. The first-order valence-corrected chi connectivity index (χ1v) is 8.55. The average molecular weight is 340 g/mol. The van der Waals surface area contributed by atoms with Gasteiger partial charge in [0.05, 0.1) is 0 Å². The highest BCUT2D eigenvalue weighted by Crippen LogP contribution is 2.34. The highest BCUT2D eigenvalue weighted by atomic mass is 79.9. The molecule has 20 heavy (non-hydrogen) atoms. The van der Waals surface area contributed by atoms with E-state index in [1.54, 1.807) is 6.07 Å². The van der Waals surface area contributed by atoms with Crippen molar-refractivity contribution in [1.82, 2.24) is 5.32 Å². The van der Waals surface area contributed by atoms with Crippen LogP contribution in [0.25, 0.3) is 0 Å². The van der Waals surface area contributed by atoms with Crippen LogP contribution < -0.4 is 5.32 Å². The molecule has 0 heterocycles. The summed E-state index contributed by atoms with van der Waals surface area (Å²) < 4.78 is 1.02. The van der Waals surface area contributed by atoms with E-state index in [1.807, 2.05) is 12.1 Å². The molecular formula is C17H26BrNO.